The molecule has 2 bridgehead atoms. The third kappa shape index (κ3) is 2.22. The van der Waals surface area contributed by atoms with Gasteiger partial charge in [-0.15, -0.1) is 0 Å². The van der Waals surface area contributed by atoms with E-state index in [2.05, 4.69) is 26.1 Å². The van der Waals surface area contributed by atoms with Gasteiger partial charge in [0.05, 0.1) is 12.7 Å². The molecule has 3 fully saturated rings. The quantitative estimate of drug-likeness (QED) is 0.866. The van der Waals surface area contributed by atoms with Gasteiger partial charge >= 0.3 is 0 Å². The van der Waals surface area contributed by atoms with Gasteiger partial charge in [0.1, 0.15) is 0 Å². The van der Waals surface area contributed by atoms with Crippen LogP contribution in [-0.2, 0) is 14.3 Å². The first-order valence-electron chi connectivity index (χ1n) is 8.31. The predicted octanol–water partition coefficient (Wildman–Crippen LogP) is 2.37. The van der Waals surface area contributed by atoms with Crippen molar-refractivity contribution < 1.29 is 14.3 Å². The number of carbonyl (C=O) groups excluding carboxylic acids is 1. The Labute approximate surface area is 127 Å². The van der Waals surface area contributed by atoms with Gasteiger partial charge in [-0.2, -0.15) is 0 Å². The van der Waals surface area contributed by atoms with Crippen molar-refractivity contribution in [1.29, 1.82) is 0 Å². The van der Waals surface area contributed by atoms with E-state index in [0.717, 1.165) is 13.0 Å². The number of amides is 1. The van der Waals surface area contributed by atoms with E-state index in [0.29, 0.717) is 31.0 Å². The summed E-state index contributed by atoms with van der Waals surface area (Å²) in [7, 11) is 1.64. The molecule has 0 aromatic heterocycles. The van der Waals surface area contributed by atoms with E-state index in [1.165, 1.54) is 12.8 Å². The number of carbonyl (C=O) groups is 1. The number of hydrogen-bond acceptors (Lipinski definition) is 3. The highest BCUT2D eigenvalue weighted by molar-refractivity contribution is 5.76. The predicted molar refractivity (Wildman–Crippen MR) is 80.9 cm³/mol. The Morgan fingerprint density at radius 1 is 1.43 bits per heavy atom. The highest BCUT2D eigenvalue weighted by Crippen LogP contribution is 2.68. The van der Waals surface area contributed by atoms with Gasteiger partial charge in [-0.1, -0.05) is 13.8 Å². The minimum Gasteiger partial charge on any atom is -0.384 e. The molecular formula is C17H29NO3. The molecule has 2 saturated carbocycles. The summed E-state index contributed by atoms with van der Waals surface area (Å²) in [4.78, 5) is 12.3. The van der Waals surface area contributed by atoms with Gasteiger partial charge < -0.3 is 14.8 Å². The van der Waals surface area contributed by atoms with E-state index in [9.17, 15) is 4.79 Å². The fraction of sp³-hybridized carbons (Fsp3) is 0.941. The number of nitrogens with one attached hydrogen (secondary N) is 1. The summed E-state index contributed by atoms with van der Waals surface area (Å²) in [5.41, 5.74) is 0.449. The molecule has 1 saturated heterocycles. The average Bonchev–Trinajstić information content (AvgIpc) is 2.91. The van der Waals surface area contributed by atoms with E-state index in [-0.39, 0.29) is 22.8 Å². The largest absolute Gasteiger partial charge is 0.384 e. The number of rotatable bonds is 4. The van der Waals surface area contributed by atoms with Crippen LogP contribution in [0.4, 0.5) is 0 Å². The fourth-order valence-corrected chi connectivity index (χ4v) is 5.51. The molecule has 0 aromatic rings. The molecule has 3 aliphatic rings. The maximum absolute atomic E-state index is 12.3. The highest BCUT2D eigenvalue weighted by Gasteiger charge is 2.67. The van der Waals surface area contributed by atoms with Crippen molar-refractivity contribution in [3.05, 3.63) is 0 Å². The smallest absolute Gasteiger partial charge is 0.222 e. The lowest BCUT2D eigenvalue weighted by atomic mass is 9.59. The Kier molecular flexibility index (Phi) is 3.81. The maximum Gasteiger partial charge on any atom is 0.222 e. The van der Waals surface area contributed by atoms with Crippen LogP contribution in [0.25, 0.3) is 0 Å². The van der Waals surface area contributed by atoms with E-state index in [4.69, 9.17) is 9.47 Å². The number of methoxy groups -OCH3 is 1. The highest BCUT2D eigenvalue weighted by atomic mass is 16.5. The van der Waals surface area contributed by atoms with Crippen molar-refractivity contribution in [2.45, 2.75) is 58.6 Å². The molecule has 4 nitrogen and oxygen atoms in total. The van der Waals surface area contributed by atoms with Crippen molar-refractivity contribution in [3.63, 3.8) is 0 Å². The van der Waals surface area contributed by atoms with Crippen molar-refractivity contribution in [2.75, 3.05) is 20.3 Å². The average molecular weight is 295 g/mol. The third-order valence-electron chi connectivity index (χ3n) is 6.63. The van der Waals surface area contributed by atoms with Gasteiger partial charge in [0, 0.05) is 26.2 Å². The van der Waals surface area contributed by atoms with Crippen LogP contribution in [0.5, 0.6) is 0 Å². The molecular weight excluding hydrogens is 266 g/mol. The number of fused-ring (bicyclic) bond motifs is 1. The lowest BCUT2D eigenvalue weighted by Crippen LogP contribution is -2.60. The molecule has 1 aliphatic heterocycles. The van der Waals surface area contributed by atoms with Crippen molar-refractivity contribution in [3.8, 4) is 0 Å². The molecule has 0 unspecified atom stereocenters. The molecule has 5 atom stereocenters. The molecule has 1 spiro atoms. The molecule has 0 aromatic carbocycles. The van der Waals surface area contributed by atoms with Crippen LogP contribution in [0.1, 0.15) is 46.5 Å². The van der Waals surface area contributed by atoms with E-state index in [1.807, 2.05) is 0 Å². The molecule has 2 aliphatic carbocycles. The summed E-state index contributed by atoms with van der Waals surface area (Å²) in [6.45, 7) is 8.22. The standard InChI is InChI=1S/C17H29NO3/c1-11-13-9-12-10-17(13,6-8-21-11)15(16(12,2)3)18-14(19)5-7-20-4/h11-13,15H,5-10H2,1-4H3,(H,18,19)/t11-,12-,13-,15+,17-/m1/s1. The monoisotopic (exact) mass is 295 g/mol. The van der Waals surface area contributed by atoms with Crippen LogP contribution in [0.3, 0.4) is 0 Å². The maximum atomic E-state index is 12.3. The first-order chi connectivity index (χ1) is 9.91. The zero-order chi connectivity index (χ0) is 15.3. The topological polar surface area (TPSA) is 47.6 Å². The van der Waals surface area contributed by atoms with Gasteiger partial charge in [0.2, 0.25) is 5.91 Å². The normalized spacial score (nSPS) is 43.6. The van der Waals surface area contributed by atoms with Gasteiger partial charge in [-0.05, 0) is 48.9 Å². The van der Waals surface area contributed by atoms with Crippen LogP contribution in [0.2, 0.25) is 0 Å². The minimum absolute atomic E-state index is 0.134. The van der Waals surface area contributed by atoms with Gasteiger partial charge in [0.25, 0.3) is 0 Å². The summed E-state index contributed by atoms with van der Waals surface area (Å²) in [5.74, 6) is 1.45. The molecule has 4 heteroatoms. The summed E-state index contributed by atoms with van der Waals surface area (Å²) in [6, 6.07) is 0.282. The van der Waals surface area contributed by atoms with Crippen molar-refractivity contribution in [2.24, 2.45) is 22.7 Å². The van der Waals surface area contributed by atoms with Gasteiger partial charge in [0.15, 0.2) is 0 Å². The minimum atomic E-state index is 0.134. The Morgan fingerprint density at radius 3 is 2.90 bits per heavy atom. The molecule has 1 heterocycles. The number of ether oxygens (including phenoxy) is 2. The Hall–Kier alpha value is -0.610. The van der Waals surface area contributed by atoms with Crippen molar-refractivity contribution in [1.82, 2.24) is 5.32 Å². The molecule has 1 amide bonds. The van der Waals surface area contributed by atoms with E-state index in [1.54, 1.807) is 7.11 Å². The van der Waals surface area contributed by atoms with E-state index >= 15 is 0 Å². The molecule has 120 valence electrons. The van der Waals surface area contributed by atoms with Gasteiger partial charge in [-0.3, -0.25) is 4.79 Å². The van der Waals surface area contributed by atoms with Crippen LogP contribution in [-0.4, -0.2) is 38.4 Å². The first kappa shape index (κ1) is 15.3. The van der Waals surface area contributed by atoms with Crippen LogP contribution < -0.4 is 5.32 Å². The van der Waals surface area contributed by atoms with E-state index < -0.39 is 0 Å². The molecule has 1 N–H and O–H groups in total. The molecule has 21 heavy (non-hydrogen) atoms. The Morgan fingerprint density at radius 2 is 2.19 bits per heavy atom. The lowest BCUT2D eigenvalue weighted by Gasteiger charge is -2.52. The summed E-state index contributed by atoms with van der Waals surface area (Å²) in [6.07, 6.45) is 4.41. The third-order valence-corrected chi connectivity index (χ3v) is 6.63. The molecule has 0 radical (unpaired) electrons. The zero-order valence-electron chi connectivity index (χ0n) is 13.8. The van der Waals surface area contributed by atoms with Crippen LogP contribution in [0.15, 0.2) is 0 Å². The summed E-state index contributed by atoms with van der Waals surface area (Å²) in [5, 5.41) is 3.37. The second-order valence-corrected chi connectivity index (χ2v) is 7.87. The zero-order valence-corrected chi connectivity index (χ0v) is 13.8. The van der Waals surface area contributed by atoms with Crippen LogP contribution in [0, 0.1) is 22.7 Å². The Bertz CT molecular complexity index is 422. The second kappa shape index (κ2) is 5.24. The molecule has 3 rings (SSSR count). The lowest BCUT2D eigenvalue weighted by molar-refractivity contribution is -0.134. The second-order valence-electron chi connectivity index (χ2n) is 7.87. The van der Waals surface area contributed by atoms with Gasteiger partial charge in [-0.25, -0.2) is 0 Å². The van der Waals surface area contributed by atoms with Crippen molar-refractivity contribution >= 4 is 5.91 Å². The SMILES string of the molecule is COCCC(=O)N[C@H]1C(C)(C)[C@@H]2C[C@@H]3[C@@H](C)OCC[C@@]31C2. The summed E-state index contributed by atoms with van der Waals surface area (Å²) < 4.78 is 10.9. The fourth-order valence-electron chi connectivity index (χ4n) is 5.51. The first-order valence-corrected chi connectivity index (χ1v) is 8.31. The summed E-state index contributed by atoms with van der Waals surface area (Å²) >= 11 is 0. The Balaban J connectivity index is 1.81. The number of hydrogen-bond donors (Lipinski definition) is 1. The van der Waals surface area contributed by atoms with Crippen LogP contribution >= 0.6 is 0 Å².